The first kappa shape index (κ1) is 35.8. The number of carbonyl (C=O) groups excluding carboxylic acids is 3. The average molecular weight is 681 g/mol. The van der Waals surface area contributed by atoms with Crippen molar-refractivity contribution in [2.45, 2.75) is 18.8 Å². The molecule has 2 aliphatic rings. The van der Waals surface area contributed by atoms with E-state index in [9.17, 15) is 19.2 Å². The Morgan fingerprint density at radius 3 is 1.24 bits per heavy atom. The molecule has 0 atom stereocenters. The molecule has 0 bridgehead atoms. The first-order chi connectivity index (χ1) is 24.3. The van der Waals surface area contributed by atoms with Gasteiger partial charge in [-0.05, 0) is 51.4 Å². The number of hydrogen-bond donors (Lipinski definition) is 3. The first-order valence-electron chi connectivity index (χ1n) is 16.4. The number of fused-ring (bicyclic) bond motifs is 6. The maximum atomic E-state index is 11.9. The number of carboxylic acid groups (broad SMARTS) is 1. The molecule has 0 radical (unpaired) electrons. The van der Waals surface area contributed by atoms with E-state index in [2.05, 4.69) is 59.2 Å². The highest BCUT2D eigenvalue weighted by atomic mass is 16.6. The van der Waals surface area contributed by atoms with Crippen molar-refractivity contribution in [3.8, 4) is 22.3 Å². The lowest BCUT2D eigenvalue weighted by atomic mass is 9.98. The Morgan fingerprint density at radius 2 is 0.900 bits per heavy atom. The largest absolute Gasteiger partial charge is 0.480 e. The summed E-state index contributed by atoms with van der Waals surface area (Å²) in [4.78, 5) is 44.7. The molecule has 6 rings (SSSR count). The molecule has 260 valence electrons. The molecule has 0 unspecified atom stereocenters. The molecule has 0 fully saturated rings. The number of carboxylic acids is 1. The number of amides is 2. The molecule has 0 spiro atoms. The SMILES string of the molecule is CC(=O)COCCNC(=O)OCC1c2ccccc2-c2ccccc21.O=C(O)COCCNC(=O)OCC1c2ccccc2-c2ccccc21. The van der Waals surface area contributed by atoms with Crippen LogP contribution in [0.5, 0.6) is 0 Å². The third-order valence-corrected chi connectivity index (χ3v) is 8.25. The predicted octanol–water partition coefficient (Wildman–Crippen LogP) is 5.76. The number of rotatable bonds is 14. The molecular weight excluding hydrogens is 640 g/mol. The smallest absolute Gasteiger partial charge is 0.407 e. The van der Waals surface area contributed by atoms with Crippen LogP contribution in [0.25, 0.3) is 22.3 Å². The lowest BCUT2D eigenvalue weighted by Gasteiger charge is -2.14. The van der Waals surface area contributed by atoms with Gasteiger partial charge < -0.3 is 34.7 Å². The predicted molar refractivity (Wildman–Crippen MR) is 186 cm³/mol. The Balaban J connectivity index is 0.000000194. The molecule has 50 heavy (non-hydrogen) atoms. The molecule has 0 saturated carbocycles. The van der Waals surface area contributed by atoms with E-state index in [1.54, 1.807) is 0 Å². The van der Waals surface area contributed by atoms with Crippen LogP contribution < -0.4 is 10.6 Å². The topological polar surface area (TPSA) is 149 Å². The van der Waals surface area contributed by atoms with Crippen LogP contribution in [-0.2, 0) is 28.5 Å². The molecule has 11 nitrogen and oxygen atoms in total. The maximum absolute atomic E-state index is 11.9. The second-order valence-electron chi connectivity index (χ2n) is 11.7. The van der Waals surface area contributed by atoms with Crippen molar-refractivity contribution in [1.29, 1.82) is 0 Å². The Morgan fingerprint density at radius 1 is 0.560 bits per heavy atom. The molecule has 11 heteroatoms. The van der Waals surface area contributed by atoms with Gasteiger partial charge in [0.15, 0.2) is 5.78 Å². The minimum absolute atomic E-state index is 0.0152. The van der Waals surface area contributed by atoms with Crippen molar-refractivity contribution >= 4 is 23.9 Å². The summed E-state index contributed by atoms with van der Waals surface area (Å²) in [5, 5.41) is 13.6. The van der Waals surface area contributed by atoms with Gasteiger partial charge in [0.25, 0.3) is 0 Å². The molecule has 4 aromatic carbocycles. The van der Waals surface area contributed by atoms with Crippen molar-refractivity contribution in [2.24, 2.45) is 0 Å². The quantitative estimate of drug-likeness (QED) is 0.141. The highest BCUT2D eigenvalue weighted by Crippen LogP contribution is 2.45. The van der Waals surface area contributed by atoms with Crippen molar-refractivity contribution < 1.29 is 43.2 Å². The molecule has 3 N–H and O–H groups in total. The zero-order valence-electron chi connectivity index (χ0n) is 27.8. The number of hydrogen-bond acceptors (Lipinski definition) is 8. The third-order valence-electron chi connectivity index (χ3n) is 8.25. The van der Waals surface area contributed by atoms with Crippen LogP contribution in [0.1, 0.15) is 41.0 Å². The van der Waals surface area contributed by atoms with E-state index < -0.39 is 18.2 Å². The van der Waals surface area contributed by atoms with Gasteiger partial charge in [0.2, 0.25) is 0 Å². The Kier molecular flexibility index (Phi) is 12.7. The number of ketones is 1. The number of aliphatic carboxylic acids is 1. The summed E-state index contributed by atoms with van der Waals surface area (Å²) in [7, 11) is 0. The monoisotopic (exact) mass is 680 g/mol. The maximum Gasteiger partial charge on any atom is 0.407 e. The third kappa shape index (κ3) is 9.34. The van der Waals surface area contributed by atoms with Gasteiger partial charge >= 0.3 is 18.2 Å². The van der Waals surface area contributed by atoms with Crippen LogP contribution in [0.2, 0.25) is 0 Å². The Hall–Kier alpha value is -5.52. The number of carbonyl (C=O) groups is 4. The molecule has 4 aromatic rings. The summed E-state index contributed by atoms with van der Waals surface area (Å²) < 4.78 is 20.7. The lowest BCUT2D eigenvalue weighted by Crippen LogP contribution is -2.29. The highest BCUT2D eigenvalue weighted by Gasteiger charge is 2.30. The molecule has 0 aromatic heterocycles. The van der Waals surface area contributed by atoms with Gasteiger partial charge in [-0.15, -0.1) is 0 Å². The van der Waals surface area contributed by atoms with Crippen LogP contribution in [0.15, 0.2) is 97.1 Å². The van der Waals surface area contributed by atoms with E-state index >= 15 is 0 Å². The fraction of sp³-hybridized carbons (Fsp3) is 0.282. The zero-order valence-corrected chi connectivity index (χ0v) is 27.8. The van der Waals surface area contributed by atoms with E-state index in [0.717, 1.165) is 11.1 Å². The van der Waals surface area contributed by atoms with E-state index in [1.807, 2.05) is 48.5 Å². The summed E-state index contributed by atoms with van der Waals surface area (Å²) >= 11 is 0. The molecule has 0 saturated heterocycles. The minimum Gasteiger partial charge on any atom is -0.480 e. The van der Waals surface area contributed by atoms with E-state index in [1.165, 1.54) is 40.3 Å². The number of Topliss-reactive ketones (excluding diaryl/α,β-unsaturated/α-hetero) is 1. The number of benzene rings is 4. The summed E-state index contributed by atoms with van der Waals surface area (Å²) in [6.07, 6.45) is -1.02. The zero-order chi connectivity index (χ0) is 35.3. The van der Waals surface area contributed by atoms with Crippen LogP contribution in [0.3, 0.4) is 0 Å². The number of nitrogens with one attached hydrogen (secondary N) is 2. The fourth-order valence-electron chi connectivity index (χ4n) is 6.12. The van der Waals surface area contributed by atoms with Crippen molar-refractivity contribution in [1.82, 2.24) is 10.6 Å². The highest BCUT2D eigenvalue weighted by molar-refractivity contribution is 5.80. The van der Waals surface area contributed by atoms with Crippen molar-refractivity contribution in [3.05, 3.63) is 119 Å². The summed E-state index contributed by atoms with van der Waals surface area (Å²) in [5.74, 6) is -1.02. The van der Waals surface area contributed by atoms with Crippen molar-refractivity contribution in [2.75, 3.05) is 52.7 Å². The standard InChI is InChI=1S/C20H21NO4.C19H19NO5/c1-14(22)12-24-11-10-21-20(23)25-13-19-17-8-4-2-6-15(17)16-7-3-5-9-18(16)19;21-18(22)12-24-10-9-20-19(23)25-11-17-15-7-3-1-5-13(15)14-6-2-4-8-16(14)17/h2-9,19H,10-13H2,1H3,(H,21,23);1-8,17H,9-12H2,(H,20,23)(H,21,22). The summed E-state index contributed by atoms with van der Waals surface area (Å²) in [5.41, 5.74) is 9.42. The normalized spacial score (nSPS) is 12.3. The van der Waals surface area contributed by atoms with Gasteiger partial charge in [-0.2, -0.15) is 0 Å². The molecule has 2 amide bonds. The van der Waals surface area contributed by atoms with E-state index in [4.69, 9.17) is 24.1 Å². The van der Waals surface area contributed by atoms with Crippen molar-refractivity contribution in [3.63, 3.8) is 0 Å². The van der Waals surface area contributed by atoms with Gasteiger partial charge in [0, 0.05) is 24.9 Å². The van der Waals surface area contributed by atoms with E-state index in [-0.39, 0.29) is 63.8 Å². The van der Waals surface area contributed by atoms with Gasteiger partial charge in [0.1, 0.15) is 26.4 Å². The molecule has 0 heterocycles. The van der Waals surface area contributed by atoms with Crippen LogP contribution >= 0.6 is 0 Å². The van der Waals surface area contributed by atoms with Crippen LogP contribution in [0.4, 0.5) is 9.59 Å². The first-order valence-corrected chi connectivity index (χ1v) is 16.4. The van der Waals surface area contributed by atoms with Gasteiger partial charge in [-0.25, -0.2) is 14.4 Å². The Labute approximate surface area is 290 Å². The number of alkyl carbamates (subject to hydrolysis) is 2. The summed E-state index contributed by atoms with van der Waals surface area (Å²) in [6.45, 7) is 2.58. The molecule has 2 aliphatic carbocycles. The Bertz CT molecular complexity index is 1590. The molecule has 0 aliphatic heterocycles. The summed E-state index contributed by atoms with van der Waals surface area (Å²) in [6, 6.07) is 32.6. The number of ether oxygens (including phenoxy) is 4. The average Bonchev–Trinajstić information content (AvgIpc) is 3.62. The van der Waals surface area contributed by atoms with Gasteiger partial charge in [-0.3, -0.25) is 4.79 Å². The lowest BCUT2D eigenvalue weighted by molar-refractivity contribution is -0.142. The second kappa shape index (κ2) is 17.8. The van der Waals surface area contributed by atoms with E-state index in [0.29, 0.717) is 6.54 Å². The van der Waals surface area contributed by atoms with Gasteiger partial charge in [-0.1, -0.05) is 97.1 Å². The van der Waals surface area contributed by atoms with Crippen LogP contribution in [0, 0.1) is 0 Å². The second-order valence-corrected chi connectivity index (χ2v) is 11.7. The van der Waals surface area contributed by atoms with Crippen LogP contribution in [-0.4, -0.2) is 81.8 Å². The minimum atomic E-state index is -1.04. The fourth-order valence-corrected chi connectivity index (χ4v) is 6.12. The van der Waals surface area contributed by atoms with Gasteiger partial charge in [0.05, 0.1) is 13.2 Å². The molecular formula is C39H40N2O9.